The van der Waals surface area contributed by atoms with Crippen LogP contribution in [0.3, 0.4) is 0 Å². The minimum absolute atomic E-state index is 0.0669. The Labute approximate surface area is 149 Å². The number of rotatable bonds is 7. The molecule has 4 heteroatoms. The summed E-state index contributed by atoms with van der Waals surface area (Å²) in [4.78, 5) is 12.4. The Morgan fingerprint density at radius 3 is 2.68 bits per heavy atom. The fraction of sp³-hybridized carbons (Fsp3) is 0.381. The van der Waals surface area contributed by atoms with E-state index >= 15 is 0 Å². The van der Waals surface area contributed by atoms with Crippen molar-refractivity contribution in [2.45, 2.75) is 45.2 Å². The Kier molecular flexibility index (Phi) is 5.27. The molecule has 0 saturated heterocycles. The number of nitrogens with one attached hydrogen (secondary N) is 2. The summed E-state index contributed by atoms with van der Waals surface area (Å²) in [6.45, 7) is 4.90. The molecule has 1 aliphatic rings. The molecular weight excluding hydrogens is 312 g/mol. The van der Waals surface area contributed by atoms with Gasteiger partial charge in [0.1, 0.15) is 11.4 Å². The van der Waals surface area contributed by atoms with Gasteiger partial charge in [0, 0.05) is 11.3 Å². The summed E-state index contributed by atoms with van der Waals surface area (Å²) >= 11 is 0. The lowest BCUT2D eigenvalue weighted by Gasteiger charge is -2.38. The van der Waals surface area contributed by atoms with Gasteiger partial charge in [-0.1, -0.05) is 50.5 Å². The molecule has 0 spiro atoms. The van der Waals surface area contributed by atoms with Gasteiger partial charge in [0.2, 0.25) is 0 Å². The van der Waals surface area contributed by atoms with Gasteiger partial charge in [-0.15, -0.1) is 0 Å². The first kappa shape index (κ1) is 17.3. The van der Waals surface area contributed by atoms with E-state index in [4.69, 9.17) is 4.74 Å². The Morgan fingerprint density at radius 1 is 1.00 bits per heavy atom. The highest BCUT2D eigenvalue weighted by Gasteiger charge is 2.34. The molecule has 1 atom stereocenters. The molecule has 1 heterocycles. The van der Waals surface area contributed by atoms with Gasteiger partial charge in [-0.05, 0) is 37.6 Å². The molecule has 0 bridgehead atoms. The highest BCUT2D eigenvalue weighted by molar-refractivity contribution is 6.02. The molecule has 2 N–H and O–H groups in total. The summed E-state index contributed by atoms with van der Waals surface area (Å²) in [5, 5.41) is 6.51. The Balaban J connectivity index is 1.73. The maximum atomic E-state index is 12.4. The number of fused-ring (bicyclic) bond motifs is 1. The Bertz CT molecular complexity index is 744. The minimum atomic E-state index is -0.660. The van der Waals surface area contributed by atoms with Crippen LogP contribution in [0.5, 0.6) is 5.75 Å². The summed E-state index contributed by atoms with van der Waals surface area (Å²) in [7, 11) is 0. The average Bonchev–Trinajstić information content (AvgIpc) is 2.62. The largest absolute Gasteiger partial charge is 0.494 e. The fourth-order valence-corrected chi connectivity index (χ4v) is 3.15. The summed E-state index contributed by atoms with van der Waals surface area (Å²) in [5.41, 5.74) is 1.83. The summed E-state index contributed by atoms with van der Waals surface area (Å²) in [6, 6.07) is 15.5. The van der Waals surface area contributed by atoms with Crippen molar-refractivity contribution in [3.63, 3.8) is 0 Å². The van der Waals surface area contributed by atoms with Gasteiger partial charge in [0.05, 0.1) is 12.2 Å². The molecule has 1 aliphatic heterocycles. The van der Waals surface area contributed by atoms with Gasteiger partial charge in [0.15, 0.2) is 0 Å². The van der Waals surface area contributed by atoms with Crippen LogP contribution in [0.4, 0.5) is 5.69 Å². The van der Waals surface area contributed by atoms with Crippen LogP contribution in [0.15, 0.2) is 48.5 Å². The van der Waals surface area contributed by atoms with E-state index in [1.165, 1.54) is 19.3 Å². The second kappa shape index (κ2) is 7.60. The molecule has 0 saturated carbocycles. The Morgan fingerprint density at radius 2 is 1.84 bits per heavy atom. The zero-order chi connectivity index (χ0) is 17.7. The van der Waals surface area contributed by atoms with Crippen LogP contribution in [-0.2, 0) is 5.66 Å². The second-order valence-corrected chi connectivity index (χ2v) is 6.69. The number of carbonyl (C=O) groups is 1. The highest BCUT2D eigenvalue weighted by atomic mass is 16.5. The monoisotopic (exact) mass is 338 g/mol. The third kappa shape index (κ3) is 3.95. The number of benzene rings is 2. The second-order valence-electron chi connectivity index (χ2n) is 6.69. The third-order valence-electron chi connectivity index (χ3n) is 4.60. The van der Waals surface area contributed by atoms with Crippen molar-refractivity contribution >= 4 is 11.6 Å². The molecule has 25 heavy (non-hydrogen) atoms. The van der Waals surface area contributed by atoms with Gasteiger partial charge in [-0.2, -0.15) is 0 Å². The topological polar surface area (TPSA) is 50.4 Å². The molecule has 0 aromatic heterocycles. The molecule has 0 fully saturated rings. The zero-order valence-electron chi connectivity index (χ0n) is 15.0. The van der Waals surface area contributed by atoms with Gasteiger partial charge in [0.25, 0.3) is 5.91 Å². The molecule has 3 rings (SSSR count). The number of hydrogen-bond donors (Lipinski definition) is 2. The van der Waals surface area contributed by atoms with E-state index < -0.39 is 5.66 Å². The predicted molar refractivity (Wildman–Crippen MR) is 101 cm³/mol. The standard InChI is InChI=1S/C21H26N2O2/c1-3-4-5-8-14-25-17-11-9-10-16(15-17)21(2)22-19-13-7-6-12-18(19)20(24)23-21/h6-7,9-13,15,22H,3-5,8,14H2,1-2H3,(H,23,24). The average molecular weight is 338 g/mol. The van der Waals surface area contributed by atoms with E-state index in [-0.39, 0.29) is 5.91 Å². The first-order valence-corrected chi connectivity index (χ1v) is 9.05. The molecule has 132 valence electrons. The van der Waals surface area contributed by atoms with Crippen molar-refractivity contribution in [1.82, 2.24) is 5.32 Å². The van der Waals surface area contributed by atoms with Crippen LogP contribution in [0.25, 0.3) is 0 Å². The van der Waals surface area contributed by atoms with E-state index in [9.17, 15) is 4.79 Å². The molecular formula is C21H26N2O2. The maximum absolute atomic E-state index is 12.4. The van der Waals surface area contributed by atoms with Crippen molar-refractivity contribution in [2.24, 2.45) is 0 Å². The maximum Gasteiger partial charge on any atom is 0.255 e. The first-order chi connectivity index (χ1) is 12.1. The van der Waals surface area contributed by atoms with Crippen molar-refractivity contribution in [3.8, 4) is 5.75 Å². The van der Waals surface area contributed by atoms with Crippen LogP contribution < -0.4 is 15.4 Å². The first-order valence-electron chi connectivity index (χ1n) is 9.05. The lowest BCUT2D eigenvalue weighted by molar-refractivity contribution is 0.0906. The van der Waals surface area contributed by atoms with Crippen molar-refractivity contribution in [2.75, 3.05) is 11.9 Å². The SMILES string of the molecule is CCCCCCOc1cccc(C2(C)NC(=O)c3ccccc3N2)c1. The fourth-order valence-electron chi connectivity index (χ4n) is 3.15. The van der Waals surface area contributed by atoms with E-state index in [1.54, 1.807) is 0 Å². The molecule has 4 nitrogen and oxygen atoms in total. The lowest BCUT2D eigenvalue weighted by atomic mass is 9.96. The number of anilines is 1. The van der Waals surface area contributed by atoms with Crippen LogP contribution in [-0.4, -0.2) is 12.5 Å². The molecule has 2 aromatic rings. The van der Waals surface area contributed by atoms with Crippen molar-refractivity contribution < 1.29 is 9.53 Å². The van der Waals surface area contributed by atoms with Gasteiger partial charge in [-0.3, -0.25) is 4.79 Å². The van der Waals surface area contributed by atoms with E-state index in [0.717, 1.165) is 30.0 Å². The van der Waals surface area contributed by atoms with Crippen LogP contribution in [0.1, 0.15) is 55.5 Å². The van der Waals surface area contributed by atoms with Crippen molar-refractivity contribution in [1.29, 1.82) is 0 Å². The van der Waals surface area contributed by atoms with E-state index in [2.05, 4.69) is 17.6 Å². The third-order valence-corrected chi connectivity index (χ3v) is 4.60. The zero-order valence-corrected chi connectivity index (χ0v) is 15.0. The van der Waals surface area contributed by atoms with Crippen LogP contribution in [0, 0.1) is 0 Å². The summed E-state index contributed by atoms with van der Waals surface area (Å²) in [5.74, 6) is 0.771. The highest BCUT2D eigenvalue weighted by Crippen LogP contribution is 2.32. The molecule has 1 unspecified atom stereocenters. The lowest BCUT2D eigenvalue weighted by Crippen LogP contribution is -2.52. The summed E-state index contributed by atoms with van der Waals surface area (Å²) in [6.07, 6.45) is 4.73. The number of amides is 1. The van der Waals surface area contributed by atoms with Crippen molar-refractivity contribution in [3.05, 3.63) is 59.7 Å². The number of carbonyl (C=O) groups excluding carboxylic acids is 1. The summed E-state index contributed by atoms with van der Waals surface area (Å²) < 4.78 is 5.88. The predicted octanol–water partition coefficient (Wildman–Crippen LogP) is 4.67. The normalized spacial score (nSPS) is 18.9. The Hall–Kier alpha value is -2.49. The van der Waals surface area contributed by atoms with E-state index in [1.807, 2.05) is 55.5 Å². The minimum Gasteiger partial charge on any atom is -0.494 e. The number of para-hydroxylation sites is 1. The van der Waals surface area contributed by atoms with E-state index in [0.29, 0.717) is 5.56 Å². The van der Waals surface area contributed by atoms with Crippen LogP contribution in [0.2, 0.25) is 0 Å². The molecule has 2 aromatic carbocycles. The number of unbranched alkanes of at least 4 members (excludes halogenated alkanes) is 3. The number of hydrogen-bond acceptors (Lipinski definition) is 3. The molecule has 0 radical (unpaired) electrons. The van der Waals surface area contributed by atoms with Gasteiger partial charge < -0.3 is 15.4 Å². The molecule has 1 amide bonds. The number of ether oxygens (including phenoxy) is 1. The van der Waals surface area contributed by atoms with Gasteiger partial charge in [-0.25, -0.2) is 0 Å². The van der Waals surface area contributed by atoms with Crippen LogP contribution >= 0.6 is 0 Å². The molecule has 0 aliphatic carbocycles. The van der Waals surface area contributed by atoms with Gasteiger partial charge >= 0.3 is 0 Å². The smallest absolute Gasteiger partial charge is 0.255 e. The quantitative estimate of drug-likeness (QED) is 0.721.